The van der Waals surface area contributed by atoms with E-state index in [2.05, 4.69) is 5.32 Å². The number of hydrogen-bond acceptors (Lipinski definition) is 3. The molecule has 1 unspecified atom stereocenters. The zero-order chi connectivity index (χ0) is 15.4. The van der Waals surface area contributed by atoms with Crippen molar-refractivity contribution in [2.45, 2.75) is 19.8 Å². The molecule has 1 aliphatic heterocycles. The van der Waals surface area contributed by atoms with Crippen molar-refractivity contribution in [3.8, 4) is 0 Å². The van der Waals surface area contributed by atoms with Gasteiger partial charge in [-0.2, -0.15) is 0 Å². The molecule has 2 rings (SSSR count). The number of piperidine rings is 1. The Morgan fingerprint density at radius 2 is 2.24 bits per heavy atom. The lowest BCUT2D eigenvalue weighted by atomic mass is 9.97. The molecular weight excluding hydrogens is 292 g/mol. The highest BCUT2D eigenvalue weighted by Crippen LogP contribution is 2.25. The first-order valence-electron chi connectivity index (χ1n) is 7.08. The molecule has 0 bridgehead atoms. The number of anilines is 1. The maximum atomic E-state index is 12.7. The molecule has 0 radical (unpaired) electrons. The number of carbonyl (C=O) groups excluding carboxylic acids is 1. The molecule has 0 spiro atoms. The molecule has 1 atom stereocenters. The molecule has 5 nitrogen and oxygen atoms in total. The van der Waals surface area contributed by atoms with E-state index in [1.165, 1.54) is 0 Å². The van der Waals surface area contributed by atoms with Crippen molar-refractivity contribution >= 4 is 29.2 Å². The molecular formula is C15H19ClN2O3. The number of benzene rings is 1. The summed E-state index contributed by atoms with van der Waals surface area (Å²) < 4.78 is 0. The number of likely N-dealkylation sites (tertiary alicyclic amines) is 1. The van der Waals surface area contributed by atoms with Crippen molar-refractivity contribution in [2.75, 3.05) is 25.0 Å². The molecule has 1 fully saturated rings. The standard InChI is InChI=1S/C15H19ClN2O3/c1-2-17-13-6-5-11(16)8-12(13)14(19)18-7-3-4-10(9-18)15(20)21/h5-6,8,10,17H,2-4,7,9H2,1H3,(H,20,21). The van der Waals surface area contributed by atoms with E-state index in [0.717, 1.165) is 5.69 Å². The summed E-state index contributed by atoms with van der Waals surface area (Å²) in [7, 11) is 0. The van der Waals surface area contributed by atoms with Gasteiger partial charge in [-0.05, 0) is 38.0 Å². The normalized spacial score (nSPS) is 18.4. The smallest absolute Gasteiger partial charge is 0.308 e. The van der Waals surface area contributed by atoms with Gasteiger partial charge in [-0.1, -0.05) is 11.6 Å². The second-order valence-corrected chi connectivity index (χ2v) is 5.59. The Morgan fingerprint density at radius 3 is 2.90 bits per heavy atom. The molecule has 2 N–H and O–H groups in total. The predicted octanol–water partition coefficient (Wildman–Crippen LogP) is 2.71. The van der Waals surface area contributed by atoms with Gasteiger partial charge in [0.25, 0.3) is 5.91 Å². The zero-order valence-electron chi connectivity index (χ0n) is 11.9. The largest absolute Gasteiger partial charge is 0.481 e. The molecule has 0 aromatic heterocycles. The van der Waals surface area contributed by atoms with E-state index in [4.69, 9.17) is 16.7 Å². The van der Waals surface area contributed by atoms with Gasteiger partial charge in [0.15, 0.2) is 0 Å². The van der Waals surface area contributed by atoms with E-state index in [0.29, 0.717) is 36.5 Å². The van der Waals surface area contributed by atoms with Crippen LogP contribution in [0.5, 0.6) is 0 Å². The fourth-order valence-electron chi connectivity index (χ4n) is 2.57. The Bertz CT molecular complexity index is 548. The van der Waals surface area contributed by atoms with Gasteiger partial charge in [0, 0.05) is 30.3 Å². The molecule has 1 aromatic rings. The monoisotopic (exact) mass is 310 g/mol. The van der Waals surface area contributed by atoms with Crippen molar-refractivity contribution in [3.63, 3.8) is 0 Å². The number of rotatable bonds is 4. The highest BCUT2D eigenvalue weighted by Gasteiger charge is 2.29. The third-order valence-corrected chi connectivity index (χ3v) is 3.87. The van der Waals surface area contributed by atoms with Gasteiger partial charge in [0.1, 0.15) is 0 Å². The van der Waals surface area contributed by atoms with Gasteiger partial charge in [-0.15, -0.1) is 0 Å². The van der Waals surface area contributed by atoms with Crippen LogP contribution in [0.25, 0.3) is 0 Å². The van der Waals surface area contributed by atoms with Crippen molar-refractivity contribution in [2.24, 2.45) is 5.92 Å². The van der Waals surface area contributed by atoms with Gasteiger partial charge >= 0.3 is 5.97 Å². The van der Waals surface area contributed by atoms with Crippen LogP contribution in [-0.2, 0) is 4.79 Å². The summed E-state index contributed by atoms with van der Waals surface area (Å²) in [5.74, 6) is -1.49. The Balaban J connectivity index is 2.22. The SMILES string of the molecule is CCNc1ccc(Cl)cc1C(=O)N1CCCC(C(=O)O)C1. The van der Waals surface area contributed by atoms with Crippen LogP contribution in [0, 0.1) is 5.92 Å². The molecule has 1 aromatic carbocycles. The zero-order valence-corrected chi connectivity index (χ0v) is 12.7. The Morgan fingerprint density at radius 1 is 1.48 bits per heavy atom. The summed E-state index contributed by atoms with van der Waals surface area (Å²) in [6.07, 6.45) is 1.33. The van der Waals surface area contributed by atoms with Crippen LogP contribution < -0.4 is 5.32 Å². The topological polar surface area (TPSA) is 69.6 Å². The Labute approximate surface area is 128 Å². The van der Waals surface area contributed by atoms with E-state index in [1.54, 1.807) is 23.1 Å². The number of hydrogen-bond donors (Lipinski definition) is 2. The van der Waals surface area contributed by atoms with Crippen molar-refractivity contribution in [1.82, 2.24) is 4.90 Å². The quantitative estimate of drug-likeness (QED) is 0.897. The lowest BCUT2D eigenvalue weighted by Gasteiger charge is -2.31. The summed E-state index contributed by atoms with van der Waals surface area (Å²) in [6.45, 7) is 3.48. The summed E-state index contributed by atoms with van der Waals surface area (Å²) in [4.78, 5) is 25.4. The first-order valence-corrected chi connectivity index (χ1v) is 7.46. The van der Waals surface area contributed by atoms with Gasteiger partial charge in [0.2, 0.25) is 0 Å². The number of nitrogens with one attached hydrogen (secondary N) is 1. The fourth-order valence-corrected chi connectivity index (χ4v) is 2.74. The lowest BCUT2D eigenvalue weighted by molar-refractivity contribution is -0.143. The number of carboxylic acid groups (broad SMARTS) is 1. The van der Waals surface area contributed by atoms with Crippen molar-refractivity contribution < 1.29 is 14.7 Å². The summed E-state index contributed by atoms with van der Waals surface area (Å²) in [6, 6.07) is 5.14. The second-order valence-electron chi connectivity index (χ2n) is 5.15. The first-order chi connectivity index (χ1) is 10.0. The molecule has 6 heteroatoms. The number of amides is 1. The van der Waals surface area contributed by atoms with Crippen LogP contribution in [0.4, 0.5) is 5.69 Å². The van der Waals surface area contributed by atoms with Crippen LogP contribution in [0.2, 0.25) is 5.02 Å². The van der Waals surface area contributed by atoms with E-state index in [-0.39, 0.29) is 12.5 Å². The Kier molecular flexibility index (Phi) is 5.07. The van der Waals surface area contributed by atoms with Crippen LogP contribution in [0.15, 0.2) is 18.2 Å². The van der Waals surface area contributed by atoms with Gasteiger partial charge in [0.05, 0.1) is 11.5 Å². The Hall–Kier alpha value is -1.75. The molecule has 114 valence electrons. The van der Waals surface area contributed by atoms with Crippen molar-refractivity contribution in [3.05, 3.63) is 28.8 Å². The number of carboxylic acids is 1. The third-order valence-electron chi connectivity index (χ3n) is 3.64. The van der Waals surface area contributed by atoms with Crippen LogP contribution in [-0.4, -0.2) is 41.5 Å². The lowest BCUT2D eigenvalue weighted by Crippen LogP contribution is -2.42. The number of carbonyl (C=O) groups is 2. The van der Waals surface area contributed by atoms with E-state index < -0.39 is 11.9 Å². The average Bonchev–Trinajstić information content (AvgIpc) is 2.48. The van der Waals surface area contributed by atoms with Crippen molar-refractivity contribution in [1.29, 1.82) is 0 Å². The van der Waals surface area contributed by atoms with E-state index in [9.17, 15) is 9.59 Å². The van der Waals surface area contributed by atoms with Gasteiger partial charge in [-0.3, -0.25) is 9.59 Å². The third kappa shape index (κ3) is 3.67. The molecule has 21 heavy (non-hydrogen) atoms. The summed E-state index contributed by atoms with van der Waals surface area (Å²) in [5, 5.41) is 12.7. The number of halogens is 1. The average molecular weight is 311 g/mol. The van der Waals surface area contributed by atoms with E-state index in [1.807, 2.05) is 6.92 Å². The minimum Gasteiger partial charge on any atom is -0.481 e. The number of nitrogens with zero attached hydrogens (tertiary/aromatic N) is 1. The number of aliphatic carboxylic acids is 1. The highest BCUT2D eigenvalue weighted by atomic mass is 35.5. The highest BCUT2D eigenvalue weighted by molar-refractivity contribution is 6.31. The molecule has 1 heterocycles. The van der Waals surface area contributed by atoms with Crippen LogP contribution >= 0.6 is 11.6 Å². The fraction of sp³-hybridized carbons (Fsp3) is 0.467. The van der Waals surface area contributed by atoms with E-state index >= 15 is 0 Å². The van der Waals surface area contributed by atoms with Gasteiger partial charge in [-0.25, -0.2) is 0 Å². The predicted molar refractivity (Wildman–Crippen MR) is 81.9 cm³/mol. The minimum atomic E-state index is -0.842. The van der Waals surface area contributed by atoms with Crippen LogP contribution in [0.1, 0.15) is 30.1 Å². The summed E-state index contributed by atoms with van der Waals surface area (Å²) >= 11 is 5.99. The second kappa shape index (κ2) is 6.80. The molecule has 1 saturated heterocycles. The maximum Gasteiger partial charge on any atom is 0.308 e. The molecule has 1 amide bonds. The van der Waals surface area contributed by atoms with Crippen LogP contribution in [0.3, 0.4) is 0 Å². The maximum absolute atomic E-state index is 12.7. The van der Waals surface area contributed by atoms with Gasteiger partial charge < -0.3 is 15.3 Å². The molecule has 0 aliphatic carbocycles. The molecule has 1 aliphatic rings. The molecule has 0 saturated carbocycles. The minimum absolute atomic E-state index is 0.167. The summed E-state index contributed by atoms with van der Waals surface area (Å²) in [5.41, 5.74) is 1.22. The first kappa shape index (κ1) is 15.6.